The molecule has 7 heteroatoms. The first-order valence-electron chi connectivity index (χ1n) is 8.20. The molecule has 2 amide bonds. The second-order valence-corrected chi connectivity index (χ2v) is 5.53. The fourth-order valence-electron chi connectivity index (χ4n) is 2.18. The van der Waals surface area contributed by atoms with Gasteiger partial charge in [0.1, 0.15) is 11.4 Å². The summed E-state index contributed by atoms with van der Waals surface area (Å²) in [5.41, 5.74) is 1.04. The first-order chi connectivity index (χ1) is 13.0. The molecule has 0 radical (unpaired) electrons. The number of hydrogen-bond donors (Lipinski definition) is 2. The third kappa shape index (κ3) is 6.32. The van der Waals surface area contributed by atoms with Crippen molar-refractivity contribution >= 4 is 23.9 Å². The Bertz CT molecular complexity index is 829. The monoisotopic (exact) mass is 367 g/mol. The number of carbonyl (C=O) groups is 3. The Morgan fingerprint density at radius 1 is 1.04 bits per heavy atom. The molecule has 27 heavy (non-hydrogen) atoms. The summed E-state index contributed by atoms with van der Waals surface area (Å²) >= 11 is 0. The minimum Gasteiger partial charge on any atom is -0.550 e. The Morgan fingerprint density at radius 2 is 1.70 bits per heavy atom. The van der Waals surface area contributed by atoms with Gasteiger partial charge in [-0.05, 0) is 35.9 Å². The molecular weight excluding hydrogens is 348 g/mol. The van der Waals surface area contributed by atoms with Gasteiger partial charge >= 0.3 is 0 Å². The number of carbonyl (C=O) groups excluding carboxylic acids is 3. The van der Waals surface area contributed by atoms with Gasteiger partial charge in [-0.25, -0.2) is 0 Å². The smallest absolute Gasteiger partial charge is 0.267 e. The molecule has 140 valence electrons. The quantitative estimate of drug-likeness (QED) is 0.669. The second kappa shape index (κ2) is 9.76. The van der Waals surface area contributed by atoms with E-state index in [1.807, 2.05) is 0 Å². The van der Waals surface area contributed by atoms with Crippen molar-refractivity contribution in [2.24, 2.45) is 0 Å². The fraction of sp³-hybridized carbons (Fsp3) is 0.150. The molecule has 0 unspecified atom stereocenters. The minimum absolute atomic E-state index is 0.00707. The highest BCUT2D eigenvalue weighted by atomic mass is 16.5. The van der Waals surface area contributed by atoms with E-state index in [0.29, 0.717) is 16.9 Å². The van der Waals surface area contributed by atoms with E-state index in [0.717, 1.165) is 0 Å². The zero-order chi connectivity index (χ0) is 19.6. The molecule has 2 aromatic carbocycles. The van der Waals surface area contributed by atoms with Crippen LogP contribution >= 0.6 is 0 Å². The van der Waals surface area contributed by atoms with E-state index in [9.17, 15) is 19.5 Å². The zero-order valence-corrected chi connectivity index (χ0v) is 14.7. The van der Waals surface area contributed by atoms with Crippen LogP contribution < -0.4 is 20.5 Å². The van der Waals surface area contributed by atoms with Gasteiger partial charge in [0, 0.05) is 24.5 Å². The van der Waals surface area contributed by atoms with Crippen molar-refractivity contribution in [3.63, 3.8) is 0 Å². The lowest BCUT2D eigenvalue weighted by Crippen LogP contribution is -2.37. The molecule has 0 fully saturated rings. The predicted octanol–water partition coefficient (Wildman–Crippen LogP) is 0.722. The molecule has 0 saturated carbocycles. The first-order valence-corrected chi connectivity index (χ1v) is 8.20. The van der Waals surface area contributed by atoms with E-state index in [1.54, 1.807) is 61.7 Å². The topological polar surface area (TPSA) is 108 Å². The number of methoxy groups -OCH3 is 1. The summed E-state index contributed by atoms with van der Waals surface area (Å²) in [4.78, 5) is 35.3. The number of benzene rings is 2. The van der Waals surface area contributed by atoms with Gasteiger partial charge in [0.05, 0.1) is 7.11 Å². The minimum atomic E-state index is -1.27. The number of hydrogen-bond acceptors (Lipinski definition) is 5. The Morgan fingerprint density at radius 3 is 2.30 bits per heavy atom. The maximum absolute atomic E-state index is 12.4. The summed E-state index contributed by atoms with van der Waals surface area (Å²) < 4.78 is 5.09. The van der Waals surface area contributed by atoms with Crippen LogP contribution in [0.2, 0.25) is 0 Å². The number of rotatable bonds is 8. The number of carboxylic acids is 1. The van der Waals surface area contributed by atoms with Crippen LogP contribution in [0.3, 0.4) is 0 Å². The Kier molecular flexibility index (Phi) is 7.13. The lowest BCUT2D eigenvalue weighted by molar-refractivity contribution is -0.305. The van der Waals surface area contributed by atoms with E-state index >= 15 is 0 Å². The normalized spacial score (nSPS) is 10.8. The predicted molar refractivity (Wildman–Crippen MR) is 97.5 cm³/mol. The maximum atomic E-state index is 12.4. The molecule has 2 N–H and O–H groups in total. The van der Waals surface area contributed by atoms with Crippen LogP contribution in [0.25, 0.3) is 6.08 Å². The molecule has 0 aromatic heterocycles. The van der Waals surface area contributed by atoms with E-state index in [4.69, 9.17) is 4.74 Å². The van der Waals surface area contributed by atoms with Crippen molar-refractivity contribution in [3.05, 3.63) is 71.4 Å². The maximum Gasteiger partial charge on any atom is 0.267 e. The molecule has 7 nitrogen and oxygen atoms in total. The third-order valence-electron chi connectivity index (χ3n) is 3.57. The van der Waals surface area contributed by atoms with Crippen LogP contribution in [0.15, 0.2) is 60.3 Å². The fourth-order valence-corrected chi connectivity index (χ4v) is 2.18. The SMILES string of the molecule is COc1ccc(/C=C(\NC(=O)c2ccccc2)C(=O)NCCC(=O)[O-])cc1. The van der Waals surface area contributed by atoms with E-state index in [-0.39, 0.29) is 18.7 Å². The average Bonchev–Trinajstić information content (AvgIpc) is 2.68. The molecule has 0 aliphatic rings. The number of nitrogens with one attached hydrogen (secondary N) is 2. The molecule has 0 bridgehead atoms. The third-order valence-corrected chi connectivity index (χ3v) is 3.57. The summed E-state index contributed by atoms with van der Waals surface area (Å²) in [7, 11) is 1.54. The largest absolute Gasteiger partial charge is 0.550 e. The van der Waals surface area contributed by atoms with E-state index in [2.05, 4.69) is 10.6 Å². The van der Waals surface area contributed by atoms with Crippen molar-refractivity contribution in [3.8, 4) is 5.75 Å². The lowest BCUT2D eigenvalue weighted by atomic mass is 10.1. The van der Waals surface area contributed by atoms with Gasteiger partial charge in [0.2, 0.25) is 0 Å². The van der Waals surface area contributed by atoms with Gasteiger partial charge in [0.25, 0.3) is 11.8 Å². The summed E-state index contributed by atoms with van der Waals surface area (Å²) in [5.74, 6) is -1.67. The van der Waals surface area contributed by atoms with Gasteiger partial charge in [0.15, 0.2) is 0 Å². The van der Waals surface area contributed by atoms with Gasteiger partial charge < -0.3 is 25.3 Å². The molecule has 0 heterocycles. The van der Waals surface area contributed by atoms with Gasteiger partial charge in [-0.3, -0.25) is 9.59 Å². The standard InChI is InChI=1S/C20H20N2O5/c1-27-16-9-7-14(8-10-16)13-17(20(26)21-12-11-18(23)24)22-19(25)15-5-3-2-4-6-15/h2-10,13H,11-12H2,1H3,(H,21,26)(H,22,25)(H,23,24)/p-1/b17-13-. The van der Waals surface area contributed by atoms with Crippen molar-refractivity contribution < 1.29 is 24.2 Å². The molecule has 2 aromatic rings. The molecule has 0 spiro atoms. The molecule has 0 aliphatic carbocycles. The number of amides is 2. The first kappa shape index (κ1) is 19.7. The molecular formula is C20H19N2O5-. The highest BCUT2D eigenvalue weighted by Crippen LogP contribution is 2.14. The van der Waals surface area contributed by atoms with E-state index in [1.165, 1.54) is 6.08 Å². The summed E-state index contributed by atoms with van der Waals surface area (Å²) in [6.45, 7) is -0.109. The van der Waals surface area contributed by atoms with E-state index < -0.39 is 17.8 Å². The van der Waals surface area contributed by atoms with Crippen LogP contribution in [0.1, 0.15) is 22.3 Å². The van der Waals surface area contributed by atoms with Crippen LogP contribution in [0.5, 0.6) is 5.75 Å². The summed E-state index contributed by atoms with van der Waals surface area (Å²) in [6.07, 6.45) is 1.17. The Balaban J connectivity index is 2.21. The van der Waals surface area contributed by atoms with Crippen molar-refractivity contribution in [2.45, 2.75) is 6.42 Å². The Hall–Kier alpha value is -3.61. The van der Waals surface area contributed by atoms with Gasteiger partial charge in [-0.2, -0.15) is 0 Å². The van der Waals surface area contributed by atoms with Crippen molar-refractivity contribution in [2.75, 3.05) is 13.7 Å². The van der Waals surface area contributed by atoms with Crippen LogP contribution in [-0.2, 0) is 9.59 Å². The number of carboxylic acid groups (broad SMARTS) is 1. The molecule has 0 saturated heterocycles. The zero-order valence-electron chi connectivity index (χ0n) is 14.7. The molecule has 0 atom stereocenters. The average molecular weight is 367 g/mol. The highest BCUT2D eigenvalue weighted by molar-refractivity contribution is 6.05. The van der Waals surface area contributed by atoms with Crippen molar-refractivity contribution in [1.29, 1.82) is 0 Å². The second-order valence-electron chi connectivity index (χ2n) is 5.53. The molecule has 2 rings (SSSR count). The molecule has 0 aliphatic heterocycles. The van der Waals surface area contributed by atoms with Crippen LogP contribution in [0.4, 0.5) is 0 Å². The number of aliphatic carboxylic acids is 1. The lowest BCUT2D eigenvalue weighted by Gasteiger charge is -2.11. The van der Waals surface area contributed by atoms with Gasteiger partial charge in [-0.1, -0.05) is 30.3 Å². The summed E-state index contributed by atoms with van der Waals surface area (Å²) in [6, 6.07) is 15.3. The van der Waals surface area contributed by atoms with Crippen LogP contribution in [0, 0.1) is 0 Å². The Labute approximate surface area is 156 Å². The van der Waals surface area contributed by atoms with Crippen LogP contribution in [-0.4, -0.2) is 31.4 Å². The highest BCUT2D eigenvalue weighted by Gasteiger charge is 2.14. The number of ether oxygens (including phenoxy) is 1. The van der Waals surface area contributed by atoms with Crippen molar-refractivity contribution in [1.82, 2.24) is 10.6 Å². The van der Waals surface area contributed by atoms with Gasteiger partial charge in [-0.15, -0.1) is 0 Å². The summed E-state index contributed by atoms with van der Waals surface area (Å²) in [5, 5.41) is 15.5.